The molecule has 1 aliphatic rings. The summed E-state index contributed by atoms with van der Waals surface area (Å²) in [5.41, 5.74) is 5.29. The Labute approximate surface area is 196 Å². The van der Waals surface area contributed by atoms with E-state index in [-0.39, 0.29) is 22.6 Å². The number of para-hydroxylation sites is 3. The van der Waals surface area contributed by atoms with Gasteiger partial charge in [0, 0.05) is 24.0 Å². The van der Waals surface area contributed by atoms with Gasteiger partial charge in [-0.05, 0) is 59.9 Å². The molecule has 0 atom stereocenters. The molecular weight excluding hydrogens is 449 g/mol. The Bertz CT molecular complexity index is 1670. The number of imidazole rings is 1. The summed E-state index contributed by atoms with van der Waals surface area (Å²) >= 11 is 0. The van der Waals surface area contributed by atoms with Crippen molar-refractivity contribution in [2.24, 2.45) is 7.05 Å². The van der Waals surface area contributed by atoms with Crippen molar-refractivity contribution in [3.05, 3.63) is 89.9 Å². The van der Waals surface area contributed by atoms with Gasteiger partial charge in [0.1, 0.15) is 5.82 Å². The zero-order valence-electron chi connectivity index (χ0n) is 18.6. The minimum Gasteiger partial charge on any atom is -0.318 e. The van der Waals surface area contributed by atoms with Crippen LogP contribution in [-0.2, 0) is 22.6 Å². The molecule has 0 radical (unpaired) electrons. The zero-order chi connectivity index (χ0) is 23.4. The second-order valence-electron chi connectivity index (χ2n) is 8.85. The lowest BCUT2D eigenvalue weighted by molar-refractivity contribution is 0.579. The van der Waals surface area contributed by atoms with Gasteiger partial charge in [0.2, 0.25) is 15.0 Å². The Morgan fingerprint density at radius 1 is 0.912 bits per heavy atom. The van der Waals surface area contributed by atoms with Gasteiger partial charge in [0.05, 0.1) is 22.3 Å². The number of hydrogen-bond donors (Lipinski definition) is 0. The van der Waals surface area contributed by atoms with Crippen molar-refractivity contribution in [1.82, 2.24) is 14.5 Å². The molecule has 1 saturated carbocycles. The number of halogens is 1. The van der Waals surface area contributed by atoms with Gasteiger partial charge in [-0.1, -0.05) is 42.5 Å². The van der Waals surface area contributed by atoms with Crippen LogP contribution in [-0.4, -0.2) is 23.0 Å². The van der Waals surface area contributed by atoms with E-state index in [1.54, 1.807) is 23.7 Å². The van der Waals surface area contributed by atoms with Gasteiger partial charge in [-0.25, -0.2) is 17.8 Å². The molecule has 0 unspecified atom stereocenters. The van der Waals surface area contributed by atoms with Gasteiger partial charge < -0.3 is 4.57 Å². The quantitative estimate of drug-likeness (QED) is 0.326. The average molecular weight is 472 g/mol. The van der Waals surface area contributed by atoms with Gasteiger partial charge in [-0.15, -0.1) is 0 Å². The Morgan fingerprint density at radius 2 is 1.59 bits per heavy atom. The van der Waals surface area contributed by atoms with E-state index in [9.17, 15) is 12.8 Å². The van der Waals surface area contributed by atoms with Crippen molar-refractivity contribution in [3.8, 4) is 11.1 Å². The zero-order valence-corrected chi connectivity index (χ0v) is 19.4. The van der Waals surface area contributed by atoms with Crippen LogP contribution >= 0.6 is 0 Å². The summed E-state index contributed by atoms with van der Waals surface area (Å²) < 4.78 is 43.0. The van der Waals surface area contributed by atoms with Crippen LogP contribution in [0.15, 0.2) is 78.0 Å². The highest BCUT2D eigenvalue weighted by Crippen LogP contribution is 2.45. The molecule has 1 aliphatic carbocycles. The monoisotopic (exact) mass is 471 g/mol. The van der Waals surface area contributed by atoms with E-state index < -0.39 is 9.84 Å². The highest BCUT2D eigenvalue weighted by atomic mass is 32.2. The molecule has 1 fully saturated rings. The third-order valence-corrected chi connectivity index (χ3v) is 8.07. The molecule has 0 N–H and O–H groups in total. The van der Waals surface area contributed by atoms with E-state index in [1.165, 1.54) is 12.1 Å². The third kappa shape index (κ3) is 3.47. The first-order chi connectivity index (χ1) is 16.4. The maximum Gasteiger partial charge on any atom is 0.228 e. The van der Waals surface area contributed by atoms with Crippen LogP contribution in [0.5, 0.6) is 0 Å². The first-order valence-corrected chi connectivity index (χ1v) is 12.9. The second-order valence-corrected chi connectivity index (χ2v) is 10.7. The standard InChI is InChI=1S/C27H22FN3O2S/c1-31-24-9-5-4-8-23(24)30-27(31)34(32,33)16-21-25(17-12-14-19(28)15-13-17)20-6-2-3-7-22(20)29-26(21)18-10-11-18/h2-9,12-15,18H,10-11,16H2,1H3. The van der Waals surface area contributed by atoms with Gasteiger partial charge in [0.25, 0.3) is 0 Å². The van der Waals surface area contributed by atoms with Crippen LogP contribution in [0.25, 0.3) is 33.1 Å². The smallest absolute Gasteiger partial charge is 0.228 e. The molecule has 34 heavy (non-hydrogen) atoms. The highest BCUT2D eigenvalue weighted by molar-refractivity contribution is 7.90. The van der Waals surface area contributed by atoms with Crippen molar-refractivity contribution in [3.63, 3.8) is 0 Å². The summed E-state index contributed by atoms with van der Waals surface area (Å²) in [6, 6.07) is 21.3. The lowest BCUT2D eigenvalue weighted by atomic mass is 9.93. The van der Waals surface area contributed by atoms with Crippen molar-refractivity contribution >= 4 is 31.8 Å². The number of pyridine rings is 1. The van der Waals surface area contributed by atoms with Gasteiger partial charge in [0.15, 0.2) is 0 Å². The maximum atomic E-state index is 13.8. The largest absolute Gasteiger partial charge is 0.318 e. The molecule has 0 aliphatic heterocycles. The van der Waals surface area contributed by atoms with Crippen LogP contribution in [0.3, 0.4) is 0 Å². The molecule has 5 nitrogen and oxygen atoms in total. The Hall–Kier alpha value is -3.58. The van der Waals surface area contributed by atoms with Crippen LogP contribution in [0.4, 0.5) is 4.39 Å². The molecule has 2 aromatic heterocycles. The third-order valence-electron chi connectivity index (χ3n) is 6.48. The fourth-order valence-electron chi connectivity index (χ4n) is 4.71. The van der Waals surface area contributed by atoms with E-state index in [0.717, 1.165) is 46.1 Å². The molecular formula is C27H22FN3O2S. The van der Waals surface area contributed by atoms with Crippen LogP contribution in [0.2, 0.25) is 0 Å². The number of nitrogens with zero attached hydrogens (tertiary/aromatic N) is 3. The van der Waals surface area contributed by atoms with Gasteiger partial charge >= 0.3 is 0 Å². The molecule has 170 valence electrons. The number of fused-ring (bicyclic) bond motifs is 2. The van der Waals surface area contributed by atoms with Gasteiger partial charge in [-0.2, -0.15) is 0 Å². The molecule has 0 bridgehead atoms. The van der Waals surface area contributed by atoms with E-state index in [1.807, 2.05) is 48.5 Å². The van der Waals surface area contributed by atoms with Crippen LogP contribution < -0.4 is 0 Å². The summed E-state index contributed by atoms with van der Waals surface area (Å²) in [7, 11) is -2.08. The van der Waals surface area contributed by atoms with Crippen molar-refractivity contribution in [1.29, 1.82) is 0 Å². The fraction of sp³-hybridized carbons (Fsp3) is 0.185. The summed E-state index contributed by atoms with van der Waals surface area (Å²) in [5, 5.41) is 0.891. The fourth-order valence-corrected chi connectivity index (χ4v) is 6.27. The Morgan fingerprint density at radius 3 is 2.29 bits per heavy atom. The van der Waals surface area contributed by atoms with E-state index >= 15 is 0 Å². The maximum absolute atomic E-state index is 13.8. The first-order valence-electron chi connectivity index (χ1n) is 11.2. The first kappa shape index (κ1) is 21.0. The van der Waals surface area contributed by atoms with E-state index in [4.69, 9.17) is 4.98 Å². The van der Waals surface area contributed by atoms with E-state index in [2.05, 4.69) is 4.98 Å². The number of benzene rings is 3. The second kappa shape index (κ2) is 7.74. The van der Waals surface area contributed by atoms with E-state index in [0.29, 0.717) is 11.1 Å². The predicted molar refractivity (Wildman–Crippen MR) is 131 cm³/mol. The number of aromatic nitrogens is 3. The molecule has 7 heteroatoms. The number of sulfone groups is 1. The Balaban J connectivity index is 1.60. The Kier molecular flexibility index (Phi) is 4.78. The lowest BCUT2D eigenvalue weighted by Gasteiger charge is -2.18. The van der Waals surface area contributed by atoms with Crippen molar-refractivity contribution < 1.29 is 12.8 Å². The average Bonchev–Trinajstić information content (AvgIpc) is 3.62. The lowest BCUT2D eigenvalue weighted by Crippen LogP contribution is -2.14. The van der Waals surface area contributed by atoms with Crippen molar-refractivity contribution in [2.75, 3.05) is 0 Å². The molecule has 2 heterocycles. The molecule has 5 aromatic rings. The summed E-state index contributed by atoms with van der Waals surface area (Å²) in [5.74, 6) is -0.326. The predicted octanol–water partition coefficient (Wildman–Crippen LogP) is 5.78. The minimum atomic E-state index is -3.80. The SMILES string of the molecule is Cn1c(S(=O)(=O)Cc2c(C3CC3)nc3ccccc3c2-c2ccc(F)cc2)nc2ccccc21. The summed E-state index contributed by atoms with van der Waals surface area (Å²) in [6.45, 7) is 0. The number of hydrogen-bond acceptors (Lipinski definition) is 4. The highest BCUT2D eigenvalue weighted by Gasteiger charge is 2.33. The van der Waals surface area contributed by atoms with Gasteiger partial charge in [-0.3, -0.25) is 4.98 Å². The normalized spacial score (nSPS) is 14.2. The number of rotatable bonds is 5. The van der Waals surface area contributed by atoms with Crippen LogP contribution in [0, 0.1) is 5.82 Å². The topological polar surface area (TPSA) is 64.8 Å². The molecule has 0 spiro atoms. The van der Waals surface area contributed by atoms with Crippen LogP contribution in [0.1, 0.15) is 30.0 Å². The molecule has 0 amide bonds. The summed E-state index contributed by atoms with van der Waals surface area (Å²) in [6.07, 6.45) is 1.96. The minimum absolute atomic E-state index is 0.0358. The number of aryl methyl sites for hydroxylation is 1. The molecule has 0 saturated heterocycles. The molecule has 6 rings (SSSR count). The summed E-state index contributed by atoms with van der Waals surface area (Å²) in [4.78, 5) is 9.37. The van der Waals surface area contributed by atoms with Crippen molar-refractivity contribution in [2.45, 2.75) is 29.7 Å². The molecule has 3 aromatic carbocycles.